The summed E-state index contributed by atoms with van der Waals surface area (Å²) in [5.74, 6) is 6.68. The average molecular weight is 366 g/mol. The highest BCUT2D eigenvalue weighted by molar-refractivity contribution is 7.99. The molecule has 0 bridgehead atoms. The molecule has 0 radical (unpaired) electrons. The van der Waals surface area contributed by atoms with Crippen LogP contribution in [-0.2, 0) is 0 Å². The number of nitrogens with one attached hydrogen (secondary N) is 1. The van der Waals surface area contributed by atoms with E-state index >= 15 is 0 Å². The van der Waals surface area contributed by atoms with Gasteiger partial charge in [0.25, 0.3) is 11.8 Å². The van der Waals surface area contributed by atoms with Gasteiger partial charge in [-0.1, -0.05) is 30.9 Å². The number of nitrogens with zero attached hydrogens (tertiary/aromatic N) is 1. The molecule has 26 heavy (non-hydrogen) atoms. The van der Waals surface area contributed by atoms with Crippen LogP contribution < -0.4 is 5.32 Å². The van der Waals surface area contributed by atoms with E-state index in [2.05, 4.69) is 24.1 Å². The molecule has 0 spiro atoms. The van der Waals surface area contributed by atoms with Crippen molar-refractivity contribution in [2.75, 3.05) is 26.4 Å². The first-order chi connectivity index (χ1) is 12.5. The van der Waals surface area contributed by atoms with Crippen molar-refractivity contribution in [1.82, 2.24) is 10.2 Å². The van der Waals surface area contributed by atoms with Crippen LogP contribution in [0.25, 0.3) is 0 Å². The molecule has 0 aliphatic heterocycles. The number of hydrogen-bond acceptors (Lipinski definition) is 3. The van der Waals surface area contributed by atoms with Gasteiger partial charge < -0.3 is 10.2 Å². The van der Waals surface area contributed by atoms with Gasteiger partial charge in [0.15, 0.2) is 0 Å². The van der Waals surface area contributed by atoms with E-state index in [1.807, 2.05) is 24.3 Å². The fourth-order valence-corrected chi connectivity index (χ4v) is 3.06. The molecule has 0 atom stereocenters. The van der Waals surface area contributed by atoms with Gasteiger partial charge in [0.05, 0.1) is 12.1 Å². The molecule has 2 amide bonds. The lowest BCUT2D eigenvalue weighted by Crippen LogP contribution is -2.24. The third kappa shape index (κ3) is 5.40. The molecule has 0 saturated heterocycles. The number of amides is 2. The molecule has 1 N–H and O–H groups in total. The SMILES string of the molecule is CCSc1ccccc1C(=O)NCC#Cc1ccc(C(=O)N(C)C)cc1. The van der Waals surface area contributed by atoms with E-state index in [-0.39, 0.29) is 18.4 Å². The van der Waals surface area contributed by atoms with Crippen molar-refractivity contribution in [1.29, 1.82) is 0 Å². The van der Waals surface area contributed by atoms with Gasteiger partial charge in [-0.25, -0.2) is 0 Å². The van der Waals surface area contributed by atoms with E-state index in [1.54, 1.807) is 50.1 Å². The Hall–Kier alpha value is -2.71. The molecule has 0 unspecified atom stereocenters. The highest BCUT2D eigenvalue weighted by atomic mass is 32.2. The first-order valence-electron chi connectivity index (χ1n) is 8.33. The van der Waals surface area contributed by atoms with Crippen molar-refractivity contribution in [3.63, 3.8) is 0 Å². The smallest absolute Gasteiger partial charge is 0.253 e. The molecule has 2 rings (SSSR count). The van der Waals surface area contributed by atoms with Crippen LogP contribution in [0, 0.1) is 11.8 Å². The Bertz CT molecular complexity index is 833. The third-order valence-corrected chi connectivity index (χ3v) is 4.50. The quantitative estimate of drug-likeness (QED) is 0.653. The molecule has 0 aromatic heterocycles. The lowest BCUT2D eigenvalue weighted by molar-refractivity contribution is 0.0827. The molecule has 0 heterocycles. The van der Waals surface area contributed by atoms with Crippen molar-refractivity contribution in [3.05, 3.63) is 65.2 Å². The first kappa shape index (κ1) is 19.6. The number of hydrogen-bond donors (Lipinski definition) is 1. The van der Waals surface area contributed by atoms with Gasteiger partial charge in [-0.15, -0.1) is 11.8 Å². The van der Waals surface area contributed by atoms with Gasteiger partial charge in [-0.2, -0.15) is 0 Å². The predicted octanol–water partition coefficient (Wildman–Crippen LogP) is 3.28. The lowest BCUT2D eigenvalue weighted by Gasteiger charge is -2.09. The highest BCUT2D eigenvalue weighted by Crippen LogP contribution is 2.21. The van der Waals surface area contributed by atoms with E-state index in [1.165, 1.54) is 4.90 Å². The Kier molecular flexibility index (Phi) is 7.31. The van der Waals surface area contributed by atoms with Crippen LogP contribution in [0.2, 0.25) is 0 Å². The summed E-state index contributed by atoms with van der Waals surface area (Å²) in [6.45, 7) is 2.32. The van der Waals surface area contributed by atoms with Gasteiger partial charge in [-0.05, 0) is 42.2 Å². The zero-order valence-corrected chi connectivity index (χ0v) is 16.0. The summed E-state index contributed by atoms with van der Waals surface area (Å²) in [7, 11) is 3.44. The van der Waals surface area contributed by atoms with Crippen LogP contribution in [0.1, 0.15) is 33.2 Å². The van der Waals surface area contributed by atoms with Gasteiger partial charge in [0, 0.05) is 30.1 Å². The molecule has 5 heteroatoms. The number of carbonyl (C=O) groups is 2. The Morgan fingerprint density at radius 2 is 1.77 bits per heavy atom. The number of benzene rings is 2. The fraction of sp³-hybridized carbons (Fsp3) is 0.238. The maximum atomic E-state index is 12.3. The lowest BCUT2D eigenvalue weighted by atomic mass is 10.1. The first-order valence-corrected chi connectivity index (χ1v) is 9.32. The van der Waals surface area contributed by atoms with Crippen LogP contribution in [0.15, 0.2) is 53.4 Å². The summed E-state index contributed by atoms with van der Waals surface area (Å²) in [5, 5.41) is 2.83. The standard InChI is InChI=1S/C21H22N2O2S/c1-4-26-19-10-6-5-9-18(19)20(24)22-15-7-8-16-11-13-17(14-12-16)21(25)23(2)3/h5-6,9-14H,4,15H2,1-3H3,(H,22,24). The summed E-state index contributed by atoms with van der Waals surface area (Å²) in [6, 6.07) is 14.7. The fourth-order valence-electron chi connectivity index (χ4n) is 2.26. The summed E-state index contributed by atoms with van der Waals surface area (Å²) >= 11 is 1.64. The monoisotopic (exact) mass is 366 g/mol. The molecule has 0 saturated carbocycles. The van der Waals surface area contributed by atoms with E-state index in [4.69, 9.17) is 0 Å². The second-order valence-corrected chi connectivity index (χ2v) is 7.00. The second-order valence-electron chi connectivity index (χ2n) is 5.69. The molecule has 0 fully saturated rings. The third-order valence-electron chi connectivity index (χ3n) is 3.54. The Morgan fingerprint density at radius 1 is 1.08 bits per heavy atom. The molecule has 2 aromatic rings. The highest BCUT2D eigenvalue weighted by Gasteiger charge is 2.09. The van der Waals surface area contributed by atoms with Crippen molar-refractivity contribution < 1.29 is 9.59 Å². The van der Waals surface area contributed by atoms with Gasteiger partial charge in [0.1, 0.15) is 0 Å². The van der Waals surface area contributed by atoms with E-state index in [0.29, 0.717) is 11.1 Å². The minimum atomic E-state index is -0.122. The maximum Gasteiger partial charge on any atom is 0.253 e. The minimum absolute atomic E-state index is 0.0413. The number of thioether (sulfide) groups is 1. The topological polar surface area (TPSA) is 49.4 Å². The minimum Gasteiger partial charge on any atom is -0.345 e. The summed E-state index contributed by atoms with van der Waals surface area (Å²) in [6.07, 6.45) is 0. The summed E-state index contributed by atoms with van der Waals surface area (Å²) < 4.78 is 0. The van der Waals surface area contributed by atoms with Crippen LogP contribution in [-0.4, -0.2) is 43.1 Å². The van der Waals surface area contributed by atoms with Crippen molar-refractivity contribution in [2.45, 2.75) is 11.8 Å². The van der Waals surface area contributed by atoms with E-state index in [0.717, 1.165) is 16.2 Å². The zero-order valence-electron chi connectivity index (χ0n) is 15.2. The Morgan fingerprint density at radius 3 is 2.42 bits per heavy atom. The van der Waals surface area contributed by atoms with Crippen molar-refractivity contribution in [2.24, 2.45) is 0 Å². The van der Waals surface area contributed by atoms with Crippen molar-refractivity contribution in [3.8, 4) is 11.8 Å². The Labute approximate surface area is 159 Å². The second kappa shape index (κ2) is 9.69. The molecule has 0 aliphatic rings. The van der Waals surface area contributed by atoms with Crippen LogP contribution in [0.4, 0.5) is 0 Å². The molecule has 0 aliphatic carbocycles. The van der Waals surface area contributed by atoms with Crippen LogP contribution in [0.5, 0.6) is 0 Å². The van der Waals surface area contributed by atoms with Crippen molar-refractivity contribution >= 4 is 23.6 Å². The van der Waals surface area contributed by atoms with Gasteiger partial charge in [-0.3, -0.25) is 9.59 Å². The van der Waals surface area contributed by atoms with E-state index < -0.39 is 0 Å². The van der Waals surface area contributed by atoms with Gasteiger partial charge in [0.2, 0.25) is 0 Å². The summed E-state index contributed by atoms with van der Waals surface area (Å²) in [4.78, 5) is 26.6. The van der Waals surface area contributed by atoms with Crippen LogP contribution >= 0.6 is 11.8 Å². The zero-order chi connectivity index (χ0) is 18.9. The molecular formula is C21H22N2O2S. The maximum absolute atomic E-state index is 12.3. The molecule has 4 nitrogen and oxygen atoms in total. The Balaban J connectivity index is 1.94. The molecule has 134 valence electrons. The van der Waals surface area contributed by atoms with E-state index in [9.17, 15) is 9.59 Å². The van der Waals surface area contributed by atoms with Gasteiger partial charge >= 0.3 is 0 Å². The normalized spacial score (nSPS) is 9.81. The largest absolute Gasteiger partial charge is 0.345 e. The molecular weight excluding hydrogens is 344 g/mol. The number of rotatable bonds is 5. The number of carbonyl (C=O) groups excluding carboxylic acids is 2. The summed E-state index contributed by atoms with van der Waals surface area (Å²) in [5.41, 5.74) is 2.10. The predicted molar refractivity (Wildman–Crippen MR) is 107 cm³/mol. The molecule has 2 aromatic carbocycles. The average Bonchev–Trinajstić information content (AvgIpc) is 2.65. The van der Waals surface area contributed by atoms with Crippen LogP contribution in [0.3, 0.4) is 0 Å².